The van der Waals surface area contributed by atoms with E-state index in [0.29, 0.717) is 17.4 Å². The number of carbonyl (C=O) groups is 1. The molecule has 0 spiro atoms. The highest BCUT2D eigenvalue weighted by atomic mass is 32.1. The van der Waals surface area contributed by atoms with Gasteiger partial charge in [0.15, 0.2) is 5.82 Å². The summed E-state index contributed by atoms with van der Waals surface area (Å²) < 4.78 is 1.15. The van der Waals surface area contributed by atoms with E-state index in [4.69, 9.17) is 9.98 Å². The lowest BCUT2D eigenvalue weighted by atomic mass is 9.95. The van der Waals surface area contributed by atoms with Crippen LogP contribution in [0.25, 0.3) is 10.2 Å². The minimum Gasteiger partial charge on any atom is -0.349 e. The number of amides is 1. The predicted molar refractivity (Wildman–Crippen MR) is 159 cm³/mol. The molecule has 1 aromatic heterocycles. The van der Waals surface area contributed by atoms with Crippen molar-refractivity contribution in [2.75, 3.05) is 10.6 Å². The topological polar surface area (TPSA) is 90.8 Å². The zero-order valence-corrected chi connectivity index (χ0v) is 23.2. The van der Waals surface area contributed by atoms with Crippen LogP contribution in [-0.2, 0) is 0 Å². The molecule has 1 aliphatic carbocycles. The largest absolute Gasteiger partial charge is 0.349 e. The van der Waals surface area contributed by atoms with Crippen LogP contribution in [0, 0.1) is 5.92 Å². The van der Waals surface area contributed by atoms with Gasteiger partial charge in [0.25, 0.3) is 5.91 Å². The van der Waals surface area contributed by atoms with E-state index in [-0.39, 0.29) is 11.8 Å². The van der Waals surface area contributed by atoms with Gasteiger partial charge in [-0.05, 0) is 81.1 Å². The third-order valence-corrected chi connectivity index (χ3v) is 7.97. The van der Waals surface area contributed by atoms with Gasteiger partial charge in [0, 0.05) is 35.3 Å². The number of nitrogens with zero attached hydrogens (tertiary/aromatic N) is 3. The van der Waals surface area contributed by atoms with Gasteiger partial charge >= 0.3 is 0 Å². The Bertz CT molecular complexity index is 1380. The molecule has 0 radical (unpaired) electrons. The molecule has 8 heteroatoms. The summed E-state index contributed by atoms with van der Waals surface area (Å²) in [5.74, 6) is 2.74. The van der Waals surface area contributed by atoms with E-state index >= 15 is 0 Å². The summed E-state index contributed by atoms with van der Waals surface area (Å²) in [4.78, 5) is 26.9. The number of carbonyl (C=O) groups excluding carboxylic acids is 1. The van der Waals surface area contributed by atoms with E-state index in [1.165, 1.54) is 19.3 Å². The van der Waals surface area contributed by atoms with Crippen molar-refractivity contribution in [3.63, 3.8) is 0 Å². The van der Waals surface area contributed by atoms with Crippen molar-refractivity contribution in [2.24, 2.45) is 15.9 Å². The molecule has 198 valence electrons. The van der Waals surface area contributed by atoms with Gasteiger partial charge in [0.2, 0.25) is 0 Å². The lowest BCUT2D eigenvalue weighted by Gasteiger charge is -2.23. The number of thiazole rings is 1. The molecule has 3 N–H and O–H groups in total. The standard InChI is InChI=1S/C30H36N6OS/c1-19(2)28-35-27(32-23-12-10-21(11-13-23)30(37)34-22-7-5-4-6-8-22)16-9-20(3)29(36-28)33-24-14-15-25-26(17-24)38-18-31-25/h10-15,17-18,20,22H,4-9,16H2,1-3H3,(H,32,35)(H,33,36)(H,34,37). The van der Waals surface area contributed by atoms with E-state index in [1.807, 2.05) is 55.8 Å². The molecule has 2 aliphatic rings. The fourth-order valence-corrected chi connectivity index (χ4v) is 5.57. The minimum absolute atomic E-state index is 0.0104. The first-order chi connectivity index (χ1) is 18.4. The first-order valence-electron chi connectivity index (χ1n) is 13.6. The average molecular weight is 529 g/mol. The molecule has 1 fully saturated rings. The van der Waals surface area contributed by atoms with Crippen LogP contribution in [0.15, 0.2) is 69.4 Å². The number of amidine groups is 2. The molecule has 1 aliphatic heterocycles. The number of hydrogen-bond donors (Lipinski definition) is 3. The Morgan fingerprint density at radius 2 is 1.68 bits per heavy atom. The maximum Gasteiger partial charge on any atom is 0.251 e. The Morgan fingerprint density at radius 3 is 2.45 bits per heavy atom. The molecular formula is C30H36N6OS. The van der Waals surface area contributed by atoms with Crippen LogP contribution >= 0.6 is 11.3 Å². The fraction of sp³-hybridized carbons (Fsp3) is 0.400. The molecule has 1 amide bonds. The Hall–Kier alpha value is -3.52. The molecule has 1 saturated carbocycles. The van der Waals surface area contributed by atoms with Gasteiger partial charge in [-0.2, -0.15) is 0 Å². The average Bonchev–Trinajstić information content (AvgIpc) is 3.38. The molecule has 2 aromatic carbocycles. The SMILES string of the molecule is CC(C)=C1N=C(Nc2ccc(C(=O)NC3CCCCC3)cc2)CCC(C)C(Nc2ccc3ncsc3c2)=N1. The Labute approximate surface area is 228 Å². The van der Waals surface area contributed by atoms with E-state index in [0.717, 1.165) is 64.5 Å². The van der Waals surface area contributed by atoms with Gasteiger partial charge in [-0.15, -0.1) is 11.3 Å². The quantitative estimate of drug-likeness (QED) is 0.330. The van der Waals surface area contributed by atoms with Crippen molar-refractivity contribution in [3.8, 4) is 0 Å². The molecule has 1 unspecified atom stereocenters. The van der Waals surface area contributed by atoms with E-state index in [9.17, 15) is 4.79 Å². The third-order valence-electron chi connectivity index (χ3n) is 7.18. The summed E-state index contributed by atoms with van der Waals surface area (Å²) in [6, 6.07) is 14.2. The first-order valence-corrected chi connectivity index (χ1v) is 14.4. The zero-order valence-electron chi connectivity index (χ0n) is 22.4. The van der Waals surface area contributed by atoms with E-state index in [1.54, 1.807) is 11.3 Å². The number of fused-ring (bicyclic) bond motifs is 1. The highest BCUT2D eigenvalue weighted by Gasteiger charge is 2.19. The number of anilines is 2. The number of allylic oxidation sites excluding steroid dienone is 1. The van der Waals surface area contributed by atoms with Crippen molar-refractivity contribution < 1.29 is 4.79 Å². The number of aromatic nitrogens is 1. The van der Waals surface area contributed by atoms with E-state index < -0.39 is 0 Å². The van der Waals surface area contributed by atoms with Crippen LogP contribution in [-0.4, -0.2) is 28.6 Å². The molecule has 7 nitrogen and oxygen atoms in total. The smallest absolute Gasteiger partial charge is 0.251 e. The lowest BCUT2D eigenvalue weighted by molar-refractivity contribution is 0.0927. The number of rotatable bonds is 4. The number of benzene rings is 2. The van der Waals surface area contributed by atoms with Crippen LogP contribution < -0.4 is 16.0 Å². The number of nitrogens with one attached hydrogen (secondary N) is 3. The predicted octanol–water partition coefficient (Wildman–Crippen LogP) is 7.36. The van der Waals surface area contributed by atoms with Crippen LogP contribution in [0.2, 0.25) is 0 Å². The molecular weight excluding hydrogens is 492 g/mol. The highest BCUT2D eigenvalue weighted by molar-refractivity contribution is 7.16. The second-order valence-electron chi connectivity index (χ2n) is 10.5. The summed E-state index contributed by atoms with van der Waals surface area (Å²) in [7, 11) is 0. The van der Waals surface area contributed by atoms with Gasteiger partial charge in [-0.3, -0.25) is 4.79 Å². The van der Waals surface area contributed by atoms with Gasteiger partial charge in [0.05, 0.1) is 15.7 Å². The van der Waals surface area contributed by atoms with Crippen molar-refractivity contribution in [1.82, 2.24) is 10.3 Å². The Balaban J connectivity index is 1.29. The van der Waals surface area contributed by atoms with Gasteiger partial charge in [-0.25, -0.2) is 15.0 Å². The first kappa shape index (κ1) is 26.1. The highest BCUT2D eigenvalue weighted by Crippen LogP contribution is 2.25. The Morgan fingerprint density at radius 1 is 0.921 bits per heavy atom. The molecule has 1 atom stereocenters. The van der Waals surface area contributed by atoms with Crippen LogP contribution in [0.1, 0.15) is 76.1 Å². The number of aliphatic imine (C=N–C) groups is 2. The van der Waals surface area contributed by atoms with Gasteiger partial charge in [-0.1, -0.05) is 26.2 Å². The molecule has 3 aromatic rings. The molecule has 5 rings (SSSR count). The van der Waals surface area contributed by atoms with E-state index in [2.05, 4.69) is 33.9 Å². The van der Waals surface area contributed by atoms with Crippen LogP contribution in [0.5, 0.6) is 0 Å². The van der Waals surface area contributed by atoms with Crippen molar-refractivity contribution >= 4 is 50.5 Å². The molecule has 2 heterocycles. The summed E-state index contributed by atoms with van der Waals surface area (Å²) in [6.45, 7) is 6.27. The molecule has 0 saturated heterocycles. The second kappa shape index (κ2) is 11.9. The van der Waals surface area contributed by atoms with Gasteiger partial charge < -0.3 is 16.0 Å². The van der Waals surface area contributed by atoms with Crippen molar-refractivity contribution in [1.29, 1.82) is 0 Å². The monoisotopic (exact) mass is 528 g/mol. The second-order valence-corrected chi connectivity index (χ2v) is 11.4. The summed E-state index contributed by atoms with van der Waals surface area (Å²) >= 11 is 1.64. The molecule has 38 heavy (non-hydrogen) atoms. The maximum atomic E-state index is 12.7. The third kappa shape index (κ3) is 6.48. The minimum atomic E-state index is 0.0104. The summed E-state index contributed by atoms with van der Waals surface area (Å²) in [6.07, 6.45) is 7.53. The Kier molecular flexibility index (Phi) is 8.17. The van der Waals surface area contributed by atoms with Crippen molar-refractivity contribution in [2.45, 2.75) is 71.8 Å². The maximum absolute atomic E-state index is 12.7. The fourth-order valence-electron chi connectivity index (χ4n) is 4.86. The normalized spacial score (nSPS) is 18.7. The zero-order chi connectivity index (χ0) is 26.5. The van der Waals surface area contributed by atoms with Gasteiger partial charge in [0.1, 0.15) is 11.7 Å². The summed E-state index contributed by atoms with van der Waals surface area (Å²) in [5.41, 5.74) is 6.54. The van der Waals surface area contributed by atoms with Crippen LogP contribution in [0.3, 0.4) is 0 Å². The lowest BCUT2D eigenvalue weighted by Crippen LogP contribution is -2.36. The van der Waals surface area contributed by atoms with Crippen molar-refractivity contribution in [3.05, 3.63) is 64.9 Å². The number of hydrogen-bond acceptors (Lipinski definition) is 7. The summed E-state index contributed by atoms with van der Waals surface area (Å²) in [5, 5.41) is 10.2. The molecule has 0 bridgehead atoms. The van der Waals surface area contributed by atoms with Crippen LogP contribution in [0.4, 0.5) is 11.4 Å².